The summed E-state index contributed by atoms with van der Waals surface area (Å²) in [6, 6.07) is 3.46. The Morgan fingerprint density at radius 3 is 2.00 bits per heavy atom. The van der Waals surface area contributed by atoms with Crippen molar-refractivity contribution in [3.05, 3.63) is 51.9 Å². The molecule has 0 atom stereocenters. The van der Waals surface area contributed by atoms with Gasteiger partial charge in [-0.05, 0) is 45.7 Å². The van der Waals surface area contributed by atoms with Gasteiger partial charge in [-0.15, -0.1) is 0 Å². The number of nitrogen functional groups attached to an aromatic ring is 1. The SMILES string of the molecule is Cc1cc(C)c(S(=O)(=O)O)c(C)c1.Cc1ncc(C)n(N)c1=N. The molecule has 1 aromatic heterocycles. The molecule has 0 unspecified atom stereocenters. The van der Waals surface area contributed by atoms with Gasteiger partial charge in [0, 0.05) is 6.20 Å². The smallest absolute Gasteiger partial charge is 0.295 e. The normalized spacial score (nSPS) is 10.9. The van der Waals surface area contributed by atoms with E-state index in [4.69, 9.17) is 15.8 Å². The standard InChI is InChI=1S/C9H12O3S.C6H10N4/c1-6-4-7(2)9(8(3)5-6)13(10,11)12;1-4-3-9-5(2)6(7)10(4)8/h4-5H,1-3H3,(H,10,11,12);3,7H,8H2,1-2H3. The van der Waals surface area contributed by atoms with Crippen LogP contribution in [0.25, 0.3) is 0 Å². The molecule has 0 saturated heterocycles. The van der Waals surface area contributed by atoms with Gasteiger partial charge >= 0.3 is 0 Å². The number of nitrogens with zero attached hydrogens (tertiary/aromatic N) is 2. The van der Waals surface area contributed by atoms with Gasteiger partial charge in [0.2, 0.25) is 0 Å². The largest absolute Gasteiger partial charge is 0.337 e. The zero-order chi connectivity index (χ0) is 17.9. The summed E-state index contributed by atoms with van der Waals surface area (Å²) in [6.45, 7) is 8.79. The van der Waals surface area contributed by atoms with Crippen LogP contribution in [0.3, 0.4) is 0 Å². The maximum Gasteiger partial charge on any atom is 0.295 e. The van der Waals surface area contributed by atoms with E-state index in [9.17, 15) is 8.42 Å². The molecule has 23 heavy (non-hydrogen) atoms. The highest BCUT2D eigenvalue weighted by molar-refractivity contribution is 7.86. The number of hydrogen-bond acceptors (Lipinski definition) is 5. The van der Waals surface area contributed by atoms with E-state index in [0.29, 0.717) is 16.8 Å². The maximum absolute atomic E-state index is 10.9. The Labute approximate surface area is 136 Å². The zero-order valence-electron chi connectivity index (χ0n) is 13.9. The van der Waals surface area contributed by atoms with Gasteiger partial charge in [0.15, 0.2) is 5.49 Å². The fraction of sp³-hybridized carbons (Fsp3) is 0.333. The van der Waals surface area contributed by atoms with Crippen LogP contribution in [0.2, 0.25) is 0 Å². The van der Waals surface area contributed by atoms with Crippen LogP contribution in [0.4, 0.5) is 0 Å². The quantitative estimate of drug-likeness (QED) is 0.538. The molecule has 0 amide bonds. The van der Waals surface area contributed by atoms with Gasteiger partial charge in [-0.3, -0.25) is 14.9 Å². The third-order valence-electron chi connectivity index (χ3n) is 3.27. The van der Waals surface area contributed by atoms with Crippen molar-refractivity contribution in [1.29, 1.82) is 5.41 Å². The molecular weight excluding hydrogens is 316 g/mol. The van der Waals surface area contributed by atoms with Crippen LogP contribution in [0.15, 0.2) is 23.2 Å². The number of nitrogens with two attached hydrogens (primary N) is 1. The molecule has 0 saturated carbocycles. The summed E-state index contributed by atoms with van der Waals surface area (Å²) in [5, 5.41) is 7.36. The molecule has 7 nitrogen and oxygen atoms in total. The first-order valence-electron chi connectivity index (χ1n) is 6.85. The van der Waals surface area contributed by atoms with Gasteiger partial charge in [-0.2, -0.15) is 8.42 Å². The van der Waals surface area contributed by atoms with Crippen LogP contribution in [-0.4, -0.2) is 22.6 Å². The Hall–Kier alpha value is -2.19. The summed E-state index contributed by atoms with van der Waals surface area (Å²) in [7, 11) is -4.08. The molecule has 2 rings (SSSR count). The van der Waals surface area contributed by atoms with E-state index in [2.05, 4.69) is 4.98 Å². The summed E-state index contributed by atoms with van der Waals surface area (Å²) >= 11 is 0. The first kappa shape index (κ1) is 18.9. The number of hydrogen-bond donors (Lipinski definition) is 3. The molecule has 0 bridgehead atoms. The van der Waals surface area contributed by atoms with E-state index >= 15 is 0 Å². The summed E-state index contributed by atoms with van der Waals surface area (Å²) in [5.41, 5.74) is 3.85. The van der Waals surface area contributed by atoms with Crippen molar-refractivity contribution in [2.24, 2.45) is 0 Å². The van der Waals surface area contributed by atoms with Crippen molar-refractivity contribution in [2.75, 3.05) is 5.84 Å². The number of aromatic nitrogens is 2. The predicted molar refractivity (Wildman–Crippen MR) is 88.2 cm³/mol. The van der Waals surface area contributed by atoms with Crippen molar-refractivity contribution >= 4 is 10.1 Å². The molecule has 1 heterocycles. The molecule has 0 radical (unpaired) electrons. The molecule has 2 aromatic rings. The second-order valence-electron chi connectivity index (χ2n) is 5.41. The zero-order valence-corrected chi connectivity index (χ0v) is 14.7. The van der Waals surface area contributed by atoms with Crippen LogP contribution >= 0.6 is 0 Å². The Balaban J connectivity index is 0.000000238. The van der Waals surface area contributed by atoms with Crippen LogP contribution in [-0.2, 0) is 10.1 Å². The molecule has 0 spiro atoms. The number of rotatable bonds is 1. The van der Waals surface area contributed by atoms with E-state index in [0.717, 1.165) is 11.3 Å². The summed E-state index contributed by atoms with van der Waals surface area (Å²) in [6.07, 6.45) is 1.65. The van der Waals surface area contributed by atoms with E-state index in [-0.39, 0.29) is 10.4 Å². The lowest BCUT2D eigenvalue weighted by Crippen LogP contribution is -2.31. The van der Waals surface area contributed by atoms with Crippen molar-refractivity contribution in [2.45, 2.75) is 39.5 Å². The summed E-state index contributed by atoms with van der Waals surface area (Å²) in [4.78, 5) is 3.98. The van der Waals surface area contributed by atoms with E-state index in [1.807, 2.05) is 13.8 Å². The number of nitrogens with one attached hydrogen (secondary N) is 1. The van der Waals surface area contributed by atoms with Crippen LogP contribution in [0.1, 0.15) is 28.1 Å². The summed E-state index contributed by atoms with van der Waals surface area (Å²) in [5.74, 6) is 5.47. The Kier molecular flexibility index (Phi) is 5.68. The highest BCUT2D eigenvalue weighted by Gasteiger charge is 2.15. The maximum atomic E-state index is 10.9. The van der Waals surface area contributed by atoms with Gasteiger partial charge in [0.25, 0.3) is 10.1 Å². The minimum Gasteiger partial charge on any atom is -0.337 e. The average molecular weight is 338 g/mol. The predicted octanol–water partition coefficient (Wildman–Crippen LogP) is 1.55. The Bertz CT molecular complexity index is 863. The molecule has 4 N–H and O–H groups in total. The van der Waals surface area contributed by atoms with Crippen LogP contribution in [0, 0.1) is 40.0 Å². The number of aryl methyl sites for hydroxylation is 5. The third kappa shape index (κ3) is 4.64. The van der Waals surface area contributed by atoms with Gasteiger partial charge in [0.1, 0.15) is 0 Å². The Morgan fingerprint density at radius 2 is 1.61 bits per heavy atom. The fourth-order valence-electron chi connectivity index (χ4n) is 2.24. The van der Waals surface area contributed by atoms with E-state index in [1.165, 1.54) is 4.68 Å². The molecular formula is C15H22N4O3S. The minimum absolute atomic E-state index is 0.0260. The lowest BCUT2D eigenvalue weighted by atomic mass is 10.1. The average Bonchev–Trinajstić information content (AvgIpc) is 2.39. The van der Waals surface area contributed by atoms with Crippen molar-refractivity contribution < 1.29 is 13.0 Å². The highest BCUT2D eigenvalue weighted by Crippen LogP contribution is 2.20. The molecule has 0 aliphatic rings. The monoisotopic (exact) mass is 338 g/mol. The van der Waals surface area contributed by atoms with Gasteiger partial charge in [0.05, 0.1) is 16.3 Å². The molecule has 0 aliphatic carbocycles. The number of benzene rings is 1. The van der Waals surface area contributed by atoms with Gasteiger partial charge in [-0.1, -0.05) is 17.7 Å². The van der Waals surface area contributed by atoms with Crippen LogP contribution < -0.4 is 11.3 Å². The van der Waals surface area contributed by atoms with Crippen LogP contribution in [0.5, 0.6) is 0 Å². The molecule has 8 heteroatoms. The molecule has 0 fully saturated rings. The molecule has 0 aliphatic heterocycles. The second kappa shape index (κ2) is 6.93. The van der Waals surface area contributed by atoms with Crippen molar-refractivity contribution in [3.8, 4) is 0 Å². The van der Waals surface area contributed by atoms with Gasteiger partial charge < -0.3 is 5.84 Å². The summed E-state index contributed by atoms with van der Waals surface area (Å²) < 4.78 is 32.1. The molecule has 1 aromatic carbocycles. The lowest BCUT2D eigenvalue weighted by molar-refractivity contribution is 0.482. The Morgan fingerprint density at radius 1 is 1.13 bits per heavy atom. The minimum atomic E-state index is -4.08. The van der Waals surface area contributed by atoms with E-state index in [1.54, 1.807) is 39.1 Å². The highest BCUT2D eigenvalue weighted by atomic mass is 32.2. The van der Waals surface area contributed by atoms with Gasteiger partial charge in [-0.25, -0.2) is 4.68 Å². The van der Waals surface area contributed by atoms with E-state index < -0.39 is 10.1 Å². The third-order valence-corrected chi connectivity index (χ3v) is 4.43. The van der Waals surface area contributed by atoms with Crippen molar-refractivity contribution in [1.82, 2.24) is 9.66 Å². The molecule has 126 valence electrons. The first-order chi connectivity index (χ1) is 10.4. The lowest BCUT2D eigenvalue weighted by Gasteiger charge is -2.07. The topological polar surface area (TPSA) is 122 Å². The second-order valence-corrected chi connectivity index (χ2v) is 6.76. The first-order valence-corrected chi connectivity index (χ1v) is 8.29. The fourth-order valence-corrected chi connectivity index (χ4v) is 3.17. The van der Waals surface area contributed by atoms with Crippen molar-refractivity contribution in [3.63, 3.8) is 0 Å².